The average Bonchev–Trinajstić information content (AvgIpc) is 2.91. The molecule has 2 atom stereocenters. The van der Waals surface area contributed by atoms with E-state index in [1.165, 1.54) is 6.26 Å². The summed E-state index contributed by atoms with van der Waals surface area (Å²) in [5.41, 5.74) is 0. The Morgan fingerprint density at radius 1 is 1.08 bits per heavy atom. The summed E-state index contributed by atoms with van der Waals surface area (Å²) >= 11 is 0. The number of likely N-dealkylation sites (tertiary alicyclic amines) is 1. The van der Waals surface area contributed by atoms with E-state index in [0.717, 1.165) is 58.0 Å². The summed E-state index contributed by atoms with van der Waals surface area (Å²) in [6, 6.07) is 0.141. The third kappa shape index (κ3) is 4.86. The van der Waals surface area contributed by atoms with E-state index < -0.39 is 10.0 Å². The fourth-order valence-corrected chi connectivity index (χ4v) is 5.64. The van der Waals surface area contributed by atoms with Crippen LogP contribution in [0.5, 0.6) is 0 Å². The van der Waals surface area contributed by atoms with Crippen molar-refractivity contribution in [1.82, 2.24) is 14.5 Å². The Morgan fingerprint density at radius 3 is 2.40 bits per heavy atom. The van der Waals surface area contributed by atoms with Gasteiger partial charge in [-0.15, -0.1) is 0 Å². The third-order valence-electron chi connectivity index (χ3n) is 5.67. The van der Waals surface area contributed by atoms with E-state index in [-0.39, 0.29) is 24.2 Å². The zero-order valence-corrected chi connectivity index (χ0v) is 16.0. The molecule has 144 valence electrons. The van der Waals surface area contributed by atoms with Gasteiger partial charge in [0.05, 0.1) is 12.4 Å². The summed E-state index contributed by atoms with van der Waals surface area (Å²) in [5.74, 6) is 0. The molecule has 1 N–H and O–H groups in total. The van der Waals surface area contributed by atoms with Crippen molar-refractivity contribution in [3.63, 3.8) is 0 Å². The van der Waals surface area contributed by atoms with Crippen LogP contribution in [0.25, 0.3) is 0 Å². The number of ether oxygens (including phenoxy) is 1. The van der Waals surface area contributed by atoms with Gasteiger partial charge in [0.2, 0.25) is 10.0 Å². The lowest BCUT2D eigenvalue weighted by Gasteiger charge is -2.40. The van der Waals surface area contributed by atoms with Gasteiger partial charge in [0.1, 0.15) is 0 Å². The van der Waals surface area contributed by atoms with E-state index in [1.54, 1.807) is 4.31 Å². The molecule has 2 unspecified atom stereocenters. The molecule has 0 radical (unpaired) electrons. The van der Waals surface area contributed by atoms with Crippen LogP contribution < -0.4 is 5.32 Å². The van der Waals surface area contributed by atoms with Crippen LogP contribution in [-0.2, 0) is 14.8 Å². The molecular weight excluding hydrogens is 342 g/mol. The topological polar surface area (TPSA) is 79.0 Å². The Labute approximate surface area is 151 Å². The molecule has 7 nitrogen and oxygen atoms in total. The first kappa shape index (κ1) is 18.9. The lowest BCUT2D eigenvalue weighted by Crippen LogP contribution is -2.50. The van der Waals surface area contributed by atoms with E-state index >= 15 is 0 Å². The number of sulfonamides is 1. The zero-order valence-electron chi connectivity index (χ0n) is 15.2. The fraction of sp³-hybridized carbons (Fsp3) is 0.941. The largest absolute Gasteiger partial charge is 0.376 e. The van der Waals surface area contributed by atoms with Crippen molar-refractivity contribution in [3.8, 4) is 0 Å². The Kier molecular flexibility index (Phi) is 6.22. The molecule has 1 saturated carbocycles. The highest BCUT2D eigenvalue weighted by Crippen LogP contribution is 2.31. The minimum absolute atomic E-state index is 0.0243. The fourth-order valence-electron chi connectivity index (χ4n) is 4.14. The maximum absolute atomic E-state index is 12.4. The van der Waals surface area contributed by atoms with Gasteiger partial charge in [-0.05, 0) is 44.9 Å². The minimum Gasteiger partial charge on any atom is -0.376 e. The molecule has 25 heavy (non-hydrogen) atoms. The second kappa shape index (κ2) is 8.22. The number of amides is 2. The van der Waals surface area contributed by atoms with Crippen molar-refractivity contribution in [3.05, 3.63) is 0 Å². The zero-order chi connectivity index (χ0) is 17.9. The van der Waals surface area contributed by atoms with Gasteiger partial charge >= 0.3 is 6.03 Å². The number of urea groups is 1. The van der Waals surface area contributed by atoms with Gasteiger partial charge in [-0.25, -0.2) is 13.2 Å². The van der Waals surface area contributed by atoms with Gasteiger partial charge in [-0.1, -0.05) is 6.42 Å². The normalized spacial score (nSPS) is 28.6. The summed E-state index contributed by atoms with van der Waals surface area (Å²) < 4.78 is 31.8. The monoisotopic (exact) mass is 373 g/mol. The summed E-state index contributed by atoms with van der Waals surface area (Å²) in [6.45, 7) is 2.65. The van der Waals surface area contributed by atoms with Crippen molar-refractivity contribution in [2.24, 2.45) is 0 Å². The molecule has 3 aliphatic rings. The van der Waals surface area contributed by atoms with E-state index in [1.807, 2.05) is 4.90 Å². The number of nitrogens with zero attached hydrogens (tertiary/aromatic N) is 2. The molecule has 2 heterocycles. The molecule has 0 aromatic rings. The van der Waals surface area contributed by atoms with Crippen molar-refractivity contribution >= 4 is 16.1 Å². The standard InChI is InChI=1S/C17H31N3O4S/c1-25(22,23)20(14-5-2-6-14)15-7-3-10-19(11-9-15)17(21)18-13-16-8-4-12-24-16/h14-16H,2-13H2,1H3,(H,18,21). The molecule has 3 fully saturated rings. The summed E-state index contributed by atoms with van der Waals surface area (Å²) in [4.78, 5) is 14.2. The highest BCUT2D eigenvalue weighted by Gasteiger charge is 2.37. The molecule has 3 rings (SSSR count). The molecule has 0 spiro atoms. The SMILES string of the molecule is CS(=O)(=O)N(C1CCC1)C1CCCN(C(=O)NCC2CCCO2)CC1. The van der Waals surface area contributed by atoms with E-state index in [9.17, 15) is 13.2 Å². The first-order valence-corrected chi connectivity index (χ1v) is 11.4. The van der Waals surface area contributed by atoms with Gasteiger partial charge in [-0.3, -0.25) is 0 Å². The van der Waals surface area contributed by atoms with Gasteiger partial charge < -0.3 is 15.0 Å². The predicted octanol–water partition coefficient (Wildman–Crippen LogP) is 1.54. The first-order valence-electron chi connectivity index (χ1n) is 9.58. The van der Waals surface area contributed by atoms with Gasteiger partial charge in [-0.2, -0.15) is 4.31 Å². The van der Waals surface area contributed by atoms with Gasteiger partial charge in [0, 0.05) is 38.3 Å². The van der Waals surface area contributed by atoms with Crippen molar-refractivity contribution < 1.29 is 17.9 Å². The Morgan fingerprint density at radius 2 is 1.80 bits per heavy atom. The Balaban J connectivity index is 1.53. The summed E-state index contributed by atoms with van der Waals surface area (Å²) in [6.07, 6.45) is 8.98. The number of rotatable bonds is 5. The van der Waals surface area contributed by atoms with Crippen molar-refractivity contribution in [2.75, 3.05) is 32.5 Å². The van der Waals surface area contributed by atoms with Gasteiger partial charge in [0.15, 0.2) is 0 Å². The molecule has 0 aromatic heterocycles. The van der Waals surface area contributed by atoms with E-state index in [0.29, 0.717) is 19.6 Å². The van der Waals surface area contributed by atoms with E-state index in [4.69, 9.17) is 4.74 Å². The van der Waals surface area contributed by atoms with Gasteiger partial charge in [0.25, 0.3) is 0 Å². The van der Waals surface area contributed by atoms with Crippen LogP contribution in [0.4, 0.5) is 4.79 Å². The quantitative estimate of drug-likeness (QED) is 0.793. The van der Waals surface area contributed by atoms with Crippen LogP contribution in [0.15, 0.2) is 0 Å². The third-order valence-corrected chi connectivity index (χ3v) is 7.03. The summed E-state index contributed by atoms with van der Waals surface area (Å²) in [7, 11) is -3.20. The molecule has 2 saturated heterocycles. The number of nitrogens with one attached hydrogen (secondary N) is 1. The van der Waals surface area contributed by atoms with Crippen LogP contribution in [0.2, 0.25) is 0 Å². The molecule has 0 aromatic carbocycles. The molecule has 0 bridgehead atoms. The highest BCUT2D eigenvalue weighted by molar-refractivity contribution is 7.88. The lowest BCUT2D eigenvalue weighted by molar-refractivity contribution is 0.109. The number of carbonyl (C=O) groups is 1. The first-order chi connectivity index (χ1) is 11.9. The molecule has 2 amide bonds. The van der Waals surface area contributed by atoms with Crippen LogP contribution >= 0.6 is 0 Å². The van der Waals surface area contributed by atoms with Crippen molar-refractivity contribution in [1.29, 1.82) is 0 Å². The van der Waals surface area contributed by atoms with Crippen molar-refractivity contribution in [2.45, 2.75) is 69.6 Å². The molecule has 2 aliphatic heterocycles. The maximum atomic E-state index is 12.4. The summed E-state index contributed by atoms with van der Waals surface area (Å²) in [5, 5.41) is 2.97. The number of hydrogen-bond acceptors (Lipinski definition) is 4. The minimum atomic E-state index is -3.20. The predicted molar refractivity (Wildman–Crippen MR) is 95.9 cm³/mol. The Bertz CT molecular complexity index is 558. The second-order valence-electron chi connectivity index (χ2n) is 7.57. The van der Waals surface area contributed by atoms with Crippen LogP contribution in [-0.4, -0.2) is 74.3 Å². The van der Waals surface area contributed by atoms with Crippen LogP contribution in [0.3, 0.4) is 0 Å². The average molecular weight is 374 g/mol. The van der Waals surface area contributed by atoms with Crippen LogP contribution in [0.1, 0.15) is 51.4 Å². The van der Waals surface area contributed by atoms with Crippen LogP contribution in [0, 0.1) is 0 Å². The highest BCUT2D eigenvalue weighted by atomic mass is 32.2. The molecule has 1 aliphatic carbocycles. The molecular formula is C17H31N3O4S. The lowest BCUT2D eigenvalue weighted by atomic mass is 9.91. The Hall–Kier alpha value is -0.860. The number of carbonyl (C=O) groups excluding carboxylic acids is 1. The maximum Gasteiger partial charge on any atom is 0.317 e. The molecule has 8 heteroatoms. The number of hydrogen-bond donors (Lipinski definition) is 1. The van der Waals surface area contributed by atoms with E-state index in [2.05, 4.69) is 5.32 Å². The second-order valence-corrected chi connectivity index (χ2v) is 9.46. The smallest absolute Gasteiger partial charge is 0.317 e.